The molecule has 0 saturated carbocycles. The normalized spacial score (nSPS) is 16.1. The molecule has 6 nitrogen and oxygen atoms in total. The van der Waals surface area contributed by atoms with E-state index in [0.717, 1.165) is 18.0 Å². The van der Waals surface area contributed by atoms with Gasteiger partial charge in [-0.1, -0.05) is 30.3 Å². The molecule has 2 aromatic carbocycles. The van der Waals surface area contributed by atoms with Crippen LogP contribution < -0.4 is 5.56 Å². The number of carbonyl (C=O) groups excluding carboxylic acids is 1. The van der Waals surface area contributed by atoms with Crippen molar-refractivity contribution in [2.24, 2.45) is 0 Å². The van der Waals surface area contributed by atoms with E-state index in [1.807, 2.05) is 60.4 Å². The molecule has 1 atom stereocenters. The van der Waals surface area contributed by atoms with Crippen molar-refractivity contribution in [3.8, 4) is 0 Å². The number of amides is 1. The largest absolute Gasteiger partial charge is 0.339 e. The number of piperazine rings is 1. The average Bonchev–Trinajstić information content (AvgIpc) is 2.74. The molecule has 2 heterocycles. The summed E-state index contributed by atoms with van der Waals surface area (Å²) in [7, 11) is 0. The van der Waals surface area contributed by atoms with Crippen LogP contribution in [0.3, 0.4) is 0 Å². The fourth-order valence-corrected chi connectivity index (χ4v) is 4.53. The van der Waals surface area contributed by atoms with E-state index in [2.05, 4.69) is 14.9 Å². The Bertz CT molecular complexity index is 1050. The first-order chi connectivity index (χ1) is 14.1. The van der Waals surface area contributed by atoms with Gasteiger partial charge >= 0.3 is 0 Å². The summed E-state index contributed by atoms with van der Waals surface area (Å²) in [6.45, 7) is 5.47. The number of nitrogens with zero attached hydrogens (tertiary/aromatic N) is 3. The number of fused-ring (bicyclic) bond motifs is 1. The summed E-state index contributed by atoms with van der Waals surface area (Å²) in [5.74, 6) is 0.845. The minimum absolute atomic E-state index is 0.105. The second-order valence-corrected chi connectivity index (χ2v) is 8.62. The molecule has 0 spiro atoms. The highest BCUT2D eigenvalue weighted by Gasteiger charge is 2.25. The van der Waals surface area contributed by atoms with Crippen molar-refractivity contribution in [3.63, 3.8) is 0 Å². The number of thioether (sulfide) groups is 1. The molecule has 150 valence electrons. The number of hydrogen-bond acceptors (Lipinski definition) is 5. The lowest BCUT2D eigenvalue weighted by Crippen LogP contribution is -2.50. The number of rotatable bonds is 5. The zero-order valence-electron chi connectivity index (χ0n) is 16.4. The van der Waals surface area contributed by atoms with Crippen molar-refractivity contribution >= 4 is 28.6 Å². The van der Waals surface area contributed by atoms with E-state index in [9.17, 15) is 9.59 Å². The molecule has 4 rings (SSSR count). The number of hydrogen-bond donors (Lipinski definition) is 1. The van der Waals surface area contributed by atoms with Gasteiger partial charge in [0.15, 0.2) is 0 Å². The Morgan fingerprint density at radius 3 is 2.52 bits per heavy atom. The number of nitrogens with one attached hydrogen (secondary N) is 1. The van der Waals surface area contributed by atoms with Gasteiger partial charge in [0.05, 0.1) is 22.7 Å². The van der Waals surface area contributed by atoms with Crippen LogP contribution >= 0.6 is 11.8 Å². The highest BCUT2D eigenvalue weighted by molar-refractivity contribution is 8.00. The van der Waals surface area contributed by atoms with Gasteiger partial charge in [0.2, 0.25) is 5.91 Å². The molecule has 29 heavy (non-hydrogen) atoms. The molecule has 1 aliphatic rings. The number of aromatic amines is 1. The van der Waals surface area contributed by atoms with E-state index in [1.54, 1.807) is 17.8 Å². The molecule has 3 aromatic rings. The monoisotopic (exact) mass is 408 g/mol. The lowest BCUT2D eigenvalue weighted by atomic mass is 10.2. The van der Waals surface area contributed by atoms with E-state index < -0.39 is 0 Å². The first-order valence-electron chi connectivity index (χ1n) is 9.81. The van der Waals surface area contributed by atoms with Crippen LogP contribution in [0.25, 0.3) is 10.9 Å². The summed E-state index contributed by atoms with van der Waals surface area (Å²) in [5.41, 5.74) is 0.609. The number of aromatic nitrogens is 2. The van der Waals surface area contributed by atoms with E-state index in [-0.39, 0.29) is 16.7 Å². The number of para-hydroxylation sites is 1. The van der Waals surface area contributed by atoms with Gasteiger partial charge in [0.1, 0.15) is 5.82 Å². The molecule has 1 amide bonds. The Balaban J connectivity index is 1.33. The van der Waals surface area contributed by atoms with Crippen LogP contribution in [0.1, 0.15) is 12.7 Å². The Labute approximate surface area is 173 Å². The predicted molar refractivity (Wildman–Crippen MR) is 116 cm³/mol. The topological polar surface area (TPSA) is 69.3 Å². The highest BCUT2D eigenvalue weighted by atomic mass is 32.2. The number of benzene rings is 2. The minimum Gasteiger partial charge on any atom is -0.339 e. The number of carbonyl (C=O) groups is 1. The molecule has 7 heteroatoms. The zero-order valence-corrected chi connectivity index (χ0v) is 17.2. The molecule has 1 N–H and O–H groups in total. The maximum absolute atomic E-state index is 12.8. The summed E-state index contributed by atoms with van der Waals surface area (Å²) < 4.78 is 0. The van der Waals surface area contributed by atoms with E-state index in [0.29, 0.717) is 36.4 Å². The predicted octanol–water partition coefficient (Wildman–Crippen LogP) is 2.75. The van der Waals surface area contributed by atoms with E-state index >= 15 is 0 Å². The molecule has 1 fully saturated rings. The van der Waals surface area contributed by atoms with Crippen LogP contribution in [-0.2, 0) is 11.3 Å². The molecule has 1 aliphatic heterocycles. The van der Waals surface area contributed by atoms with Crippen molar-refractivity contribution in [2.75, 3.05) is 26.2 Å². The third-order valence-corrected chi connectivity index (χ3v) is 6.22. The zero-order chi connectivity index (χ0) is 20.2. The quantitative estimate of drug-likeness (QED) is 0.658. The lowest BCUT2D eigenvalue weighted by Gasteiger charge is -2.35. The van der Waals surface area contributed by atoms with Crippen molar-refractivity contribution in [2.45, 2.75) is 23.6 Å². The maximum Gasteiger partial charge on any atom is 0.258 e. The fourth-order valence-electron chi connectivity index (χ4n) is 3.56. The fraction of sp³-hybridized carbons (Fsp3) is 0.318. The maximum atomic E-state index is 12.8. The molecule has 1 aromatic heterocycles. The van der Waals surface area contributed by atoms with Crippen molar-refractivity contribution in [1.82, 2.24) is 19.8 Å². The highest BCUT2D eigenvalue weighted by Crippen LogP contribution is 2.24. The van der Waals surface area contributed by atoms with Gasteiger partial charge in [-0.3, -0.25) is 14.5 Å². The van der Waals surface area contributed by atoms with Crippen LogP contribution in [-0.4, -0.2) is 57.1 Å². The summed E-state index contributed by atoms with van der Waals surface area (Å²) in [6.07, 6.45) is 0. The van der Waals surface area contributed by atoms with Gasteiger partial charge in [-0.25, -0.2) is 4.98 Å². The SMILES string of the molecule is C[C@H](Sc1ccccc1)C(=O)N1CCN(Cc2nc3ccccc3c(=O)[nH]2)CC1. The second-order valence-electron chi connectivity index (χ2n) is 7.20. The van der Waals surface area contributed by atoms with Gasteiger partial charge in [0, 0.05) is 31.1 Å². The van der Waals surface area contributed by atoms with Crippen LogP contribution in [0.2, 0.25) is 0 Å². The lowest BCUT2D eigenvalue weighted by molar-refractivity contribution is -0.132. The summed E-state index contributed by atoms with van der Waals surface area (Å²) >= 11 is 1.60. The van der Waals surface area contributed by atoms with Gasteiger partial charge in [-0.05, 0) is 31.2 Å². The third kappa shape index (κ3) is 4.68. The van der Waals surface area contributed by atoms with Gasteiger partial charge in [-0.2, -0.15) is 0 Å². The molecule has 0 aliphatic carbocycles. The Morgan fingerprint density at radius 2 is 1.76 bits per heavy atom. The summed E-state index contributed by atoms with van der Waals surface area (Å²) in [4.78, 5) is 37.8. The van der Waals surface area contributed by atoms with Crippen LogP contribution in [0, 0.1) is 0 Å². The standard InChI is InChI=1S/C22H24N4O2S/c1-16(29-17-7-3-2-4-8-17)22(28)26-13-11-25(12-14-26)15-20-23-19-10-6-5-9-18(19)21(27)24-20/h2-10,16H,11-15H2,1H3,(H,23,24,27)/t16-/m0/s1. The summed E-state index contributed by atoms with van der Waals surface area (Å²) in [5, 5.41) is 0.499. The Morgan fingerprint density at radius 1 is 1.07 bits per heavy atom. The van der Waals surface area contributed by atoms with Crippen LogP contribution in [0.5, 0.6) is 0 Å². The molecule has 0 radical (unpaired) electrons. The molecule has 1 saturated heterocycles. The van der Waals surface area contributed by atoms with Crippen molar-refractivity contribution in [1.29, 1.82) is 0 Å². The Hall–Kier alpha value is -2.64. The second kappa shape index (κ2) is 8.80. The minimum atomic E-state index is -0.109. The first-order valence-corrected chi connectivity index (χ1v) is 10.7. The molecular weight excluding hydrogens is 384 g/mol. The Kier molecular flexibility index (Phi) is 5.97. The van der Waals surface area contributed by atoms with Crippen LogP contribution in [0.4, 0.5) is 0 Å². The van der Waals surface area contributed by atoms with E-state index in [4.69, 9.17) is 0 Å². The van der Waals surface area contributed by atoms with Crippen LogP contribution in [0.15, 0.2) is 64.3 Å². The molecular formula is C22H24N4O2S. The summed E-state index contributed by atoms with van der Waals surface area (Å²) in [6, 6.07) is 17.4. The van der Waals surface area contributed by atoms with Crippen molar-refractivity contribution < 1.29 is 4.79 Å². The number of H-pyrrole nitrogens is 1. The first kappa shape index (κ1) is 19.7. The third-order valence-electron chi connectivity index (χ3n) is 5.12. The van der Waals surface area contributed by atoms with Crippen molar-refractivity contribution in [3.05, 3.63) is 70.8 Å². The average molecular weight is 409 g/mol. The molecule has 0 unspecified atom stereocenters. The van der Waals surface area contributed by atoms with Gasteiger partial charge < -0.3 is 9.88 Å². The van der Waals surface area contributed by atoms with Gasteiger partial charge in [0.25, 0.3) is 5.56 Å². The van der Waals surface area contributed by atoms with E-state index in [1.165, 1.54) is 0 Å². The molecule has 0 bridgehead atoms. The smallest absolute Gasteiger partial charge is 0.258 e. The van der Waals surface area contributed by atoms with Gasteiger partial charge in [-0.15, -0.1) is 11.8 Å².